The zero-order chi connectivity index (χ0) is 30.8. The molecule has 0 unspecified atom stereocenters. The number of ether oxygens (including phenoxy) is 2. The van der Waals surface area contributed by atoms with Crippen molar-refractivity contribution < 1.29 is 19.0 Å². The van der Waals surface area contributed by atoms with Crippen molar-refractivity contribution in [3.63, 3.8) is 0 Å². The maximum atomic E-state index is 12.4. The van der Waals surface area contributed by atoms with E-state index in [0.29, 0.717) is 24.3 Å². The average molecular weight is 604 g/mol. The molecule has 3 aromatic rings. The Morgan fingerprint density at radius 2 is 1.74 bits per heavy atom. The van der Waals surface area contributed by atoms with Crippen LogP contribution in [0.1, 0.15) is 88.1 Å². The molecule has 2 aromatic carbocycles. The Kier molecular flexibility index (Phi) is 7.48. The van der Waals surface area contributed by atoms with Crippen LogP contribution in [0.3, 0.4) is 0 Å². The maximum absolute atomic E-state index is 12.4. The van der Waals surface area contributed by atoms with Gasteiger partial charge in [-0.1, -0.05) is 45.0 Å². The minimum absolute atomic E-state index is 0.118. The van der Waals surface area contributed by atoms with Crippen molar-refractivity contribution in [1.82, 2.24) is 15.0 Å². The Hall–Kier alpha value is -2.84. The number of benzene rings is 2. The Morgan fingerprint density at radius 3 is 2.42 bits per heavy atom. The van der Waals surface area contributed by atoms with Crippen LogP contribution in [0.4, 0.5) is 0 Å². The molecule has 0 bridgehead atoms. The minimum Gasteiger partial charge on any atom is -0.541 e. The lowest BCUT2D eigenvalue weighted by atomic mass is 9.53. The molecular weight excluding hydrogens is 554 g/mol. The summed E-state index contributed by atoms with van der Waals surface area (Å²) < 4.78 is 19.8. The molecular formula is C35H49N3O4Si. The molecule has 2 saturated carbocycles. The standard InChI is InChI=1S/C35H49N3O4Si/c1-33(2,3)43(7,8)42-31-19-24-11-14-27-26(28(24)20-30(31)41-6)15-17-34(4)29(27)16-18-35(34,39)32-22-38(37-36-32)21-23-9-12-25(40-5)13-10-23/h9-10,12-13,19-20,22,26-27,29,39H,11,14-18,21H2,1-8H3/t26-,27+,29-,34-,35+/m0/s1. The fourth-order valence-corrected chi connectivity index (χ4v) is 9.18. The molecule has 0 amide bonds. The number of hydrogen-bond donors (Lipinski definition) is 1. The SMILES string of the molecule is COc1ccc(Cn2cc([C@]3(O)CC[C@H]4[C@@H]5CCc6cc(O[Si](C)(C)C(C)(C)C)c(OC)cc6[C@H]5CC[C@@]43C)nn2)cc1. The monoisotopic (exact) mass is 603 g/mol. The molecule has 8 heteroatoms. The zero-order valence-electron chi connectivity index (χ0n) is 27.2. The second-order valence-electron chi connectivity index (χ2n) is 15.0. The third-order valence-electron chi connectivity index (χ3n) is 11.8. The lowest BCUT2D eigenvalue weighted by Crippen LogP contribution is -2.49. The van der Waals surface area contributed by atoms with Crippen LogP contribution >= 0.6 is 0 Å². The van der Waals surface area contributed by atoms with E-state index in [2.05, 4.69) is 63.2 Å². The highest BCUT2D eigenvalue weighted by Crippen LogP contribution is 2.67. The fourth-order valence-electron chi connectivity index (χ4n) is 8.17. The normalized spacial score (nSPS) is 28.5. The van der Waals surface area contributed by atoms with Gasteiger partial charge in [0.1, 0.15) is 22.8 Å². The Balaban J connectivity index is 1.24. The summed E-state index contributed by atoms with van der Waals surface area (Å²) in [5, 5.41) is 21.5. The number of nitrogens with zero attached hydrogens (tertiary/aromatic N) is 3. The summed E-state index contributed by atoms with van der Waals surface area (Å²) in [7, 11) is 1.44. The van der Waals surface area contributed by atoms with Gasteiger partial charge in [0.15, 0.2) is 5.75 Å². The summed E-state index contributed by atoms with van der Waals surface area (Å²) in [5.41, 5.74) is 3.47. The van der Waals surface area contributed by atoms with Crippen molar-refractivity contribution in [1.29, 1.82) is 0 Å². The van der Waals surface area contributed by atoms with E-state index in [1.807, 2.05) is 35.1 Å². The molecule has 5 atom stereocenters. The molecule has 1 N–H and O–H groups in total. The van der Waals surface area contributed by atoms with Crippen molar-refractivity contribution in [2.75, 3.05) is 14.2 Å². The number of hydrogen-bond acceptors (Lipinski definition) is 6. The van der Waals surface area contributed by atoms with E-state index in [4.69, 9.17) is 13.9 Å². The molecule has 0 saturated heterocycles. The van der Waals surface area contributed by atoms with E-state index in [0.717, 1.165) is 67.0 Å². The summed E-state index contributed by atoms with van der Waals surface area (Å²) in [5.74, 6) is 4.04. The molecule has 3 aliphatic carbocycles. The van der Waals surface area contributed by atoms with Gasteiger partial charge in [0, 0.05) is 5.41 Å². The summed E-state index contributed by atoms with van der Waals surface area (Å²) >= 11 is 0. The van der Waals surface area contributed by atoms with Gasteiger partial charge in [0.05, 0.1) is 27.0 Å². The van der Waals surface area contributed by atoms with E-state index >= 15 is 0 Å². The van der Waals surface area contributed by atoms with Crippen molar-refractivity contribution in [3.8, 4) is 17.2 Å². The number of rotatable bonds is 7. The predicted octanol–water partition coefficient (Wildman–Crippen LogP) is 7.47. The lowest BCUT2D eigenvalue weighted by molar-refractivity contribution is -0.111. The number of aromatic nitrogens is 3. The molecule has 232 valence electrons. The van der Waals surface area contributed by atoms with Gasteiger partial charge in [-0.3, -0.25) is 0 Å². The minimum atomic E-state index is -2.00. The van der Waals surface area contributed by atoms with Crippen LogP contribution in [-0.4, -0.2) is 42.6 Å². The van der Waals surface area contributed by atoms with Crippen LogP contribution in [0.2, 0.25) is 18.1 Å². The first kappa shape index (κ1) is 30.2. The van der Waals surface area contributed by atoms with Crippen LogP contribution in [0, 0.1) is 17.3 Å². The topological polar surface area (TPSA) is 78.6 Å². The smallest absolute Gasteiger partial charge is 0.250 e. The van der Waals surface area contributed by atoms with Crippen LogP contribution in [-0.2, 0) is 18.6 Å². The van der Waals surface area contributed by atoms with Crippen molar-refractivity contribution in [2.24, 2.45) is 17.3 Å². The number of fused-ring (bicyclic) bond motifs is 5. The molecule has 1 heterocycles. The molecule has 2 fully saturated rings. The van der Waals surface area contributed by atoms with Gasteiger partial charge in [-0.15, -0.1) is 5.10 Å². The average Bonchev–Trinajstić information content (AvgIpc) is 3.55. The summed E-state index contributed by atoms with van der Waals surface area (Å²) in [6.45, 7) is 14.3. The molecule has 6 rings (SSSR count). The lowest BCUT2D eigenvalue weighted by Gasteiger charge is -2.53. The van der Waals surface area contributed by atoms with E-state index in [9.17, 15) is 5.11 Å². The van der Waals surface area contributed by atoms with Crippen molar-refractivity contribution >= 4 is 8.32 Å². The first-order chi connectivity index (χ1) is 20.3. The fraction of sp³-hybridized carbons (Fsp3) is 0.600. The van der Waals surface area contributed by atoms with Gasteiger partial charge in [-0.2, -0.15) is 0 Å². The van der Waals surface area contributed by atoms with Crippen LogP contribution in [0.15, 0.2) is 42.6 Å². The molecule has 7 nitrogen and oxygen atoms in total. The quantitative estimate of drug-likeness (QED) is 0.282. The molecule has 3 aliphatic rings. The van der Waals surface area contributed by atoms with Gasteiger partial charge in [0.25, 0.3) is 8.32 Å². The third kappa shape index (κ3) is 4.98. The van der Waals surface area contributed by atoms with E-state index in [1.165, 1.54) is 11.1 Å². The second-order valence-corrected chi connectivity index (χ2v) is 19.7. The van der Waals surface area contributed by atoms with E-state index < -0.39 is 13.9 Å². The molecule has 0 spiro atoms. The third-order valence-corrected chi connectivity index (χ3v) is 16.1. The van der Waals surface area contributed by atoms with E-state index in [1.54, 1.807) is 14.2 Å². The number of aliphatic hydroxyl groups is 1. The van der Waals surface area contributed by atoms with Gasteiger partial charge in [-0.25, -0.2) is 4.68 Å². The summed E-state index contributed by atoms with van der Waals surface area (Å²) in [6.07, 6.45) is 7.91. The highest BCUT2D eigenvalue weighted by atomic mass is 28.4. The Bertz CT molecular complexity index is 1480. The van der Waals surface area contributed by atoms with Gasteiger partial charge >= 0.3 is 0 Å². The van der Waals surface area contributed by atoms with Gasteiger partial charge in [0.2, 0.25) is 0 Å². The molecule has 1 aromatic heterocycles. The molecule has 0 aliphatic heterocycles. The largest absolute Gasteiger partial charge is 0.541 e. The van der Waals surface area contributed by atoms with Gasteiger partial charge < -0.3 is 19.0 Å². The molecule has 0 radical (unpaired) electrons. The van der Waals surface area contributed by atoms with Crippen molar-refractivity contribution in [2.45, 2.75) is 102 Å². The van der Waals surface area contributed by atoms with E-state index in [-0.39, 0.29) is 10.5 Å². The number of aryl methyl sites for hydroxylation is 1. The highest BCUT2D eigenvalue weighted by Gasteiger charge is 2.63. The molecule has 43 heavy (non-hydrogen) atoms. The maximum Gasteiger partial charge on any atom is 0.250 e. The highest BCUT2D eigenvalue weighted by molar-refractivity contribution is 6.74. The van der Waals surface area contributed by atoms with Crippen LogP contribution < -0.4 is 13.9 Å². The van der Waals surface area contributed by atoms with Crippen LogP contribution in [0.25, 0.3) is 0 Å². The Morgan fingerprint density at radius 1 is 1.00 bits per heavy atom. The van der Waals surface area contributed by atoms with Crippen LogP contribution in [0.5, 0.6) is 17.2 Å². The first-order valence-electron chi connectivity index (χ1n) is 16.0. The number of methoxy groups -OCH3 is 2. The second kappa shape index (κ2) is 10.7. The van der Waals surface area contributed by atoms with Gasteiger partial charge in [-0.05, 0) is 115 Å². The van der Waals surface area contributed by atoms with Crippen molar-refractivity contribution in [3.05, 3.63) is 65.0 Å². The Labute approximate surface area is 258 Å². The summed E-state index contributed by atoms with van der Waals surface area (Å²) in [6, 6.07) is 12.6. The first-order valence-corrected chi connectivity index (χ1v) is 18.9. The summed E-state index contributed by atoms with van der Waals surface area (Å²) in [4.78, 5) is 0. The zero-order valence-corrected chi connectivity index (χ0v) is 28.2. The predicted molar refractivity (Wildman–Crippen MR) is 171 cm³/mol.